The fourth-order valence-corrected chi connectivity index (χ4v) is 3.64. The van der Waals surface area contributed by atoms with Crippen LogP contribution in [0.4, 0.5) is 0 Å². The first kappa shape index (κ1) is 19.1. The van der Waals surface area contributed by atoms with Gasteiger partial charge in [-0.3, -0.25) is 9.59 Å². The van der Waals surface area contributed by atoms with Gasteiger partial charge in [0, 0.05) is 11.6 Å². The van der Waals surface area contributed by atoms with Gasteiger partial charge in [-0.25, -0.2) is 0 Å². The Kier molecular flexibility index (Phi) is 6.26. The lowest BCUT2D eigenvalue weighted by Gasteiger charge is -2.05. The monoisotopic (exact) mass is 404 g/mol. The highest BCUT2D eigenvalue weighted by atomic mass is 35.5. The fourth-order valence-electron chi connectivity index (χ4n) is 2.44. The van der Waals surface area contributed by atoms with Crippen LogP contribution in [0.1, 0.15) is 6.42 Å². The van der Waals surface area contributed by atoms with Crippen LogP contribution >= 0.6 is 22.9 Å². The number of rotatable bonds is 6. The van der Waals surface area contributed by atoms with Crippen LogP contribution in [0.2, 0.25) is 5.02 Å². The van der Waals surface area contributed by atoms with E-state index in [1.165, 1.54) is 18.4 Å². The van der Waals surface area contributed by atoms with E-state index in [4.69, 9.17) is 21.1 Å². The Hall–Kier alpha value is -2.64. The first-order valence-corrected chi connectivity index (χ1v) is 9.37. The number of aryl methyl sites for hydroxylation is 1. The molecule has 1 amide bonds. The van der Waals surface area contributed by atoms with Crippen molar-refractivity contribution in [3.63, 3.8) is 0 Å². The van der Waals surface area contributed by atoms with Gasteiger partial charge in [-0.05, 0) is 36.4 Å². The summed E-state index contributed by atoms with van der Waals surface area (Å²) in [5.74, 6) is -0.192. The first-order chi connectivity index (χ1) is 13.1. The number of ether oxygens (including phenoxy) is 2. The lowest BCUT2D eigenvalue weighted by molar-refractivity contribution is -0.140. The molecule has 0 radical (unpaired) electrons. The minimum Gasteiger partial charge on any atom is -0.484 e. The van der Waals surface area contributed by atoms with Crippen molar-refractivity contribution in [2.45, 2.75) is 13.0 Å². The fraction of sp³-hybridized carbons (Fsp3) is 0.211. The second-order valence-electron chi connectivity index (χ2n) is 5.58. The number of carbonyl (C=O) groups is 2. The summed E-state index contributed by atoms with van der Waals surface area (Å²) < 4.78 is 13.0. The smallest absolute Gasteiger partial charge is 0.307 e. The standard InChI is InChI=1S/C19H17ClN2O4S/c1-25-18(24)10-11-22-15-4-2-3-5-16(15)27-19(22)21-17(23)12-26-14-8-6-13(20)7-9-14/h2-9H,10-12H2,1H3. The number of thiazole rings is 1. The molecule has 0 bridgehead atoms. The number of esters is 1. The van der Waals surface area contributed by atoms with E-state index in [9.17, 15) is 9.59 Å². The Morgan fingerprint density at radius 3 is 2.63 bits per heavy atom. The maximum atomic E-state index is 12.3. The average Bonchev–Trinajstić information content (AvgIpc) is 3.02. The number of para-hydroxylation sites is 1. The Bertz CT molecular complexity index is 1020. The highest BCUT2D eigenvalue weighted by molar-refractivity contribution is 7.16. The van der Waals surface area contributed by atoms with Crippen molar-refractivity contribution in [1.29, 1.82) is 0 Å². The molecule has 0 aliphatic heterocycles. The molecule has 1 aromatic heterocycles. The van der Waals surface area contributed by atoms with E-state index in [2.05, 4.69) is 4.99 Å². The lowest BCUT2D eigenvalue weighted by Crippen LogP contribution is -2.21. The number of amides is 1. The largest absolute Gasteiger partial charge is 0.484 e. The van der Waals surface area contributed by atoms with Gasteiger partial charge in [0.15, 0.2) is 11.4 Å². The van der Waals surface area contributed by atoms with Crippen molar-refractivity contribution >= 4 is 45.0 Å². The van der Waals surface area contributed by atoms with Gasteiger partial charge >= 0.3 is 5.97 Å². The molecule has 0 fully saturated rings. The number of aromatic nitrogens is 1. The minimum absolute atomic E-state index is 0.188. The molecule has 27 heavy (non-hydrogen) atoms. The molecule has 0 aliphatic carbocycles. The van der Waals surface area contributed by atoms with Gasteiger partial charge in [0.1, 0.15) is 5.75 Å². The average molecular weight is 405 g/mol. The van der Waals surface area contributed by atoms with E-state index in [0.717, 1.165) is 10.2 Å². The van der Waals surface area contributed by atoms with Crippen LogP contribution in [0.3, 0.4) is 0 Å². The Labute approximate surface area is 164 Å². The lowest BCUT2D eigenvalue weighted by atomic mass is 10.3. The first-order valence-electron chi connectivity index (χ1n) is 8.18. The summed E-state index contributed by atoms with van der Waals surface area (Å²) in [5.41, 5.74) is 0.913. The summed E-state index contributed by atoms with van der Waals surface area (Å²) >= 11 is 7.21. The van der Waals surface area contributed by atoms with E-state index in [1.807, 2.05) is 28.8 Å². The van der Waals surface area contributed by atoms with E-state index < -0.39 is 5.91 Å². The molecule has 0 saturated heterocycles. The summed E-state index contributed by atoms with van der Waals surface area (Å²) in [6.45, 7) is 0.188. The second kappa shape index (κ2) is 8.83. The highest BCUT2D eigenvalue weighted by Gasteiger charge is 2.10. The van der Waals surface area contributed by atoms with Crippen LogP contribution in [-0.4, -0.2) is 30.2 Å². The van der Waals surface area contributed by atoms with Crippen LogP contribution in [0, 0.1) is 0 Å². The predicted octanol–water partition coefficient (Wildman–Crippen LogP) is 3.43. The third-order valence-electron chi connectivity index (χ3n) is 3.75. The summed E-state index contributed by atoms with van der Waals surface area (Å²) in [5, 5.41) is 0.593. The normalized spacial score (nSPS) is 11.6. The van der Waals surface area contributed by atoms with Gasteiger partial charge in [-0.1, -0.05) is 35.1 Å². The molecular formula is C19H17ClN2O4S. The van der Waals surface area contributed by atoms with Gasteiger partial charge < -0.3 is 14.0 Å². The van der Waals surface area contributed by atoms with E-state index >= 15 is 0 Å². The maximum Gasteiger partial charge on any atom is 0.307 e. The molecule has 0 aliphatic rings. The number of methoxy groups -OCH3 is 1. The second-order valence-corrected chi connectivity index (χ2v) is 7.02. The molecule has 8 heteroatoms. The maximum absolute atomic E-state index is 12.3. The van der Waals surface area contributed by atoms with Crippen molar-refractivity contribution < 1.29 is 19.1 Å². The van der Waals surface area contributed by atoms with Crippen LogP contribution in [-0.2, 0) is 20.9 Å². The van der Waals surface area contributed by atoms with E-state index in [0.29, 0.717) is 22.1 Å². The molecule has 0 N–H and O–H groups in total. The van der Waals surface area contributed by atoms with Crippen molar-refractivity contribution in [3.05, 3.63) is 58.4 Å². The third-order valence-corrected chi connectivity index (χ3v) is 5.06. The molecule has 1 heterocycles. The molecule has 6 nitrogen and oxygen atoms in total. The van der Waals surface area contributed by atoms with Crippen LogP contribution < -0.4 is 9.54 Å². The third kappa shape index (κ3) is 4.96. The number of hydrogen-bond acceptors (Lipinski definition) is 5. The number of carbonyl (C=O) groups excluding carboxylic acids is 2. The van der Waals surface area contributed by atoms with Crippen LogP contribution in [0.15, 0.2) is 53.5 Å². The number of nitrogens with zero attached hydrogens (tertiary/aromatic N) is 2. The summed E-state index contributed by atoms with van der Waals surface area (Å²) in [7, 11) is 1.35. The minimum atomic E-state index is -0.414. The number of benzene rings is 2. The Balaban J connectivity index is 1.81. The van der Waals surface area contributed by atoms with Crippen LogP contribution in [0.25, 0.3) is 10.2 Å². The molecule has 0 atom stereocenters. The number of hydrogen-bond donors (Lipinski definition) is 0. The van der Waals surface area contributed by atoms with Crippen molar-refractivity contribution in [2.24, 2.45) is 4.99 Å². The summed E-state index contributed by atoms with van der Waals surface area (Å²) in [6.07, 6.45) is 0.194. The number of halogens is 1. The zero-order valence-corrected chi connectivity index (χ0v) is 16.1. The van der Waals surface area contributed by atoms with Gasteiger partial charge in [0.05, 0.1) is 23.7 Å². The van der Waals surface area contributed by atoms with Crippen LogP contribution in [0.5, 0.6) is 5.75 Å². The van der Waals surface area contributed by atoms with Gasteiger partial charge in [0.2, 0.25) is 0 Å². The molecular weight excluding hydrogens is 388 g/mol. The molecule has 0 saturated carbocycles. The topological polar surface area (TPSA) is 69.9 Å². The molecule has 3 aromatic rings. The van der Waals surface area contributed by atoms with Gasteiger partial charge in [-0.15, -0.1) is 0 Å². The predicted molar refractivity (Wildman–Crippen MR) is 104 cm³/mol. The van der Waals surface area contributed by atoms with Crippen molar-refractivity contribution in [1.82, 2.24) is 4.57 Å². The van der Waals surface area contributed by atoms with Gasteiger partial charge in [0.25, 0.3) is 5.91 Å². The SMILES string of the molecule is COC(=O)CCn1c(=NC(=O)COc2ccc(Cl)cc2)sc2ccccc21. The number of fused-ring (bicyclic) bond motifs is 1. The van der Waals surface area contributed by atoms with E-state index in [-0.39, 0.29) is 19.0 Å². The molecule has 0 unspecified atom stereocenters. The molecule has 0 spiro atoms. The zero-order chi connectivity index (χ0) is 19.2. The van der Waals surface area contributed by atoms with Gasteiger partial charge in [-0.2, -0.15) is 4.99 Å². The van der Waals surface area contributed by atoms with Crippen molar-refractivity contribution in [3.8, 4) is 5.75 Å². The highest BCUT2D eigenvalue weighted by Crippen LogP contribution is 2.17. The van der Waals surface area contributed by atoms with Crippen molar-refractivity contribution in [2.75, 3.05) is 13.7 Å². The quantitative estimate of drug-likeness (QED) is 0.590. The molecule has 140 valence electrons. The Morgan fingerprint density at radius 2 is 1.89 bits per heavy atom. The zero-order valence-electron chi connectivity index (χ0n) is 14.6. The Morgan fingerprint density at radius 1 is 1.15 bits per heavy atom. The molecule has 2 aromatic carbocycles. The molecule has 3 rings (SSSR count). The summed E-state index contributed by atoms with van der Waals surface area (Å²) in [4.78, 5) is 28.5. The van der Waals surface area contributed by atoms with E-state index in [1.54, 1.807) is 24.3 Å². The summed E-state index contributed by atoms with van der Waals surface area (Å²) in [6, 6.07) is 14.4.